The molecule has 6 nitrogen and oxygen atoms in total. The SMILES string of the molecule is Cl.O=C1Nc2ccc([N+](=O)[O-])cc2C1=O. The molecule has 0 spiro atoms. The van der Waals surface area contributed by atoms with Crippen LogP contribution in [0.25, 0.3) is 0 Å². The molecule has 0 unspecified atom stereocenters. The Hall–Kier alpha value is -1.95. The Balaban J connectivity index is 0.00000112. The Bertz CT molecular complexity index is 472. The van der Waals surface area contributed by atoms with Crippen LogP contribution < -0.4 is 5.32 Å². The van der Waals surface area contributed by atoms with Gasteiger partial charge in [-0.3, -0.25) is 19.7 Å². The molecule has 1 aromatic rings. The Morgan fingerprint density at radius 2 is 1.93 bits per heavy atom. The molecule has 2 rings (SSSR count). The lowest BCUT2D eigenvalue weighted by Gasteiger charge is -1.95. The number of carbonyl (C=O) groups excluding carboxylic acids is 2. The molecule has 0 saturated carbocycles. The fraction of sp³-hybridized carbons (Fsp3) is 0. The van der Waals surface area contributed by atoms with E-state index in [1.165, 1.54) is 12.1 Å². The first kappa shape index (κ1) is 11.1. The van der Waals surface area contributed by atoms with Gasteiger partial charge < -0.3 is 5.32 Å². The molecule has 1 aromatic carbocycles. The zero-order valence-electron chi connectivity index (χ0n) is 7.22. The summed E-state index contributed by atoms with van der Waals surface area (Å²) in [6.45, 7) is 0. The summed E-state index contributed by atoms with van der Waals surface area (Å²) in [4.78, 5) is 31.8. The lowest BCUT2D eigenvalue weighted by molar-refractivity contribution is -0.384. The largest absolute Gasteiger partial charge is 0.318 e. The number of nitro benzene ring substituents is 1. The lowest BCUT2D eigenvalue weighted by Crippen LogP contribution is -2.12. The Morgan fingerprint density at radius 3 is 2.53 bits per heavy atom. The highest BCUT2D eigenvalue weighted by molar-refractivity contribution is 6.51. The van der Waals surface area contributed by atoms with E-state index in [0.29, 0.717) is 5.69 Å². The number of hydrogen-bond acceptors (Lipinski definition) is 4. The minimum Gasteiger partial charge on any atom is -0.318 e. The van der Waals surface area contributed by atoms with Crippen molar-refractivity contribution >= 4 is 35.5 Å². The van der Waals surface area contributed by atoms with Crippen molar-refractivity contribution in [1.82, 2.24) is 0 Å². The number of nitrogens with zero attached hydrogens (tertiary/aromatic N) is 1. The third kappa shape index (κ3) is 1.66. The highest BCUT2D eigenvalue weighted by Gasteiger charge is 2.29. The maximum atomic E-state index is 11.1. The zero-order chi connectivity index (χ0) is 10.3. The first-order chi connectivity index (χ1) is 6.59. The summed E-state index contributed by atoms with van der Waals surface area (Å²) in [6.07, 6.45) is 0. The van der Waals surface area contributed by atoms with Gasteiger partial charge in [0.1, 0.15) is 0 Å². The van der Waals surface area contributed by atoms with Crippen LogP contribution in [0.1, 0.15) is 10.4 Å². The summed E-state index contributed by atoms with van der Waals surface area (Å²) in [5.74, 6) is -1.48. The predicted molar refractivity (Wildman–Crippen MR) is 53.3 cm³/mol. The van der Waals surface area contributed by atoms with E-state index in [1.54, 1.807) is 0 Å². The topological polar surface area (TPSA) is 89.3 Å². The number of rotatable bonds is 1. The van der Waals surface area contributed by atoms with Gasteiger partial charge in [0.25, 0.3) is 17.4 Å². The van der Waals surface area contributed by atoms with Gasteiger partial charge in [-0.25, -0.2) is 0 Å². The predicted octanol–water partition coefficient (Wildman–Crippen LogP) is 1.15. The smallest absolute Gasteiger partial charge is 0.296 e. The van der Waals surface area contributed by atoms with Crippen LogP contribution in [0.2, 0.25) is 0 Å². The maximum absolute atomic E-state index is 11.1. The molecule has 0 radical (unpaired) electrons. The van der Waals surface area contributed by atoms with E-state index >= 15 is 0 Å². The van der Waals surface area contributed by atoms with E-state index < -0.39 is 16.6 Å². The van der Waals surface area contributed by atoms with Gasteiger partial charge in [-0.05, 0) is 6.07 Å². The molecule has 78 valence electrons. The number of halogens is 1. The van der Waals surface area contributed by atoms with Crippen LogP contribution >= 0.6 is 12.4 Å². The summed E-state index contributed by atoms with van der Waals surface area (Å²) in [6, 6.07) is 3.67. The minimum absolute atomic E-state index is 0. The quantitative estimate of drug-likeness (QED) is 0.444. The number of ketones is 1. The van der Waals surface area contributed by atoms with Gasteiger partial charge in [0, 0.05) is 12.1 Å². The van der Waals surface area contributed by atoms with Crippen LogP contribution in [0, 0.1) is 10.1 Å². The second-order valence-corrected chi connectivity index (χ2v) is 2.77. The summed E-state index contributed by atoms with van der Waals surface area (Å²) < 4.78 is 0. The first-order valence-corrected chi connectivity index (χ1v) is 3.74. The minimum atomic E-state index is -0.750. The number of nitrogens with one attached hydrogen (secondary N) is 1. The molecule has 1 N–H and O–H groups in total. The zero-order valence-corrected chi connectivity index (χ0v) is 8.04. The number of non-ortho nitro benzene ring substituents is 1. The summed E-state index contributed by atoms with van der Waals surface area (Å²) in [5, 5.41) is 12.7. The lowest BCUT2D eigenvalue weighted by atomic mass is 10.1. The van der Waals surface area contributed by atoms with Crippen molar-refractivity contribution in [2.75, 3.05) is 5.32 Å². The molecule has 0 aromatic heterocycles. The van der Waals surface area contributed by atoms with Crippen LogP contribution in [-0.4, -0.2) is 16.6 Å². The Labute approximate surface area is 89.8 Å². The van der Waals surface area contributed by atoms with E-state index in [-0.39, 0.29) is 23.7 Å². The molecule has 1 aliphatic rings. The van der Waals surface area contributed by atoms with Crippen LogP contribution in [-0.2, 0) is 4.79 Å². The molecule has 0 fully saturated rings. The third-order valence-electron chi connectivity index (χ3n) is 1.91. The van der Waals surface area contributed by atoms with Crippen LogP contribution in [0.5, 0.6) is 0 Å². The number of fused-ring (bicyclic) bond motifs is 1. The highest BCUT2D eigenvalue weighted by Crippen LogP contribution is 2.26. The van der Waals surface area contributed by atoms with Gasteiger partial charge in [-0.2, -0.15) is 0 Å². The third-order valence-corrected chi connectivity index (χ3v) is 1.91. The van der Waals surface area contributed by atoms with E-state index in [1.807, 2.05) is 0 Å². The fourth-order valence-corrected chi connectivity index (χ4v) is 1.24. The summed E-state index contributed by atoms with van der Waals surface area (Å²) in [7, 11) is 0. The molecule has 1 amide bonds. The number of amides is 1. The highest BCUT2D eigenvalue weighted by atomic mass is 35.5. The van der Waals surface area contributed by atoms with Crippen LogP contribution in [0.3, 0.4) is 0 Å². The monoisotopic (exact) mass is 228 g/mol. The summed E-state index contributed by atoms with van der Waals surface area (Å²) >= 11 is 0. The number of nitro groups is 1. The van der Waals surface area contributed by atoms with Gasteiger partial charge in [-0.15, -0.1) is 12.4 Å². The molecular weight excluding hydrogens is 224 g/mol. The van der Waals surface area contributed by atoms with E-state index in [2.05, 4.69) is 5.32 Å². The molecule has 0 bridgehead atoms. The van der Waals surface area contributed by atoms with E-state index in [9.17, 15) is 19.7 Å². The van der Waals surface area contributed by atoms with Crippen molar-refractivity contribution in [3.63, 3.8) is 0 Å². The molecular formula is C8H5ClN2O4. The van der Waals surface area contributed by atoms with Crippen LogP contribution in [0.4, 0.5) is 11.4 Å². The number of benzene rings is 1. The molecule has 0 aliphatic carbocycles. The van der Waals surface area contributed by atoms with Crippen molar-refractivity contribution in [1.29, 1.82) is 0 Å². The van der Waals surface area contributed by atoms with Crippen LogP contribution in [0.15, 0.2) is 18.2 Å². The van der Waals surface area contributed by atoms with E-state index in [0.717, 1.165) is 6.07 Å². The van der Waals surface area contributed by atoms with Gasteiger partial charge >= 0.3 is 0 Å². The van der Waals surface area contributed by atoms with Gasteiger partial charge in [0.2, 0.25) is 0 Å². The molecule has 1 aliphatic heterocycles. The molecule has 15 heavy (non-hydrogen) atoms. The Morgan fingerprint density at radius 1 is 1.27 bits per heavy atom. The fourth-order valence-electron chi connectivity index (χ4n) is 1.24. The molecule has 0 saturated heterocycles. The van der Waals surface area contributed by atoms with Gasteiger partial charge in [0.15, 0.2) is 0 Å². The second-order valence-electron chi connectivity index (χ2n) is 2.77. The number of carbonyl (C=O) groups is 2. The average Bonchev–Trinajstić information content (AvgIpc) is 2.43. The Kier molecular flexibility index (Phi) is 2.71. The second kappa shape index (κ2) is 3.66. The maximum Gasteiger partial charge on any atom is 0.296 e. The van der Waals surface area contributed by atoms with Gasteiger partial charge in [-0.1, -0.05) is 0 Å². The van der Waals surface area contributed by atoms with E-state index in [4.69, 9.17) is 0 Å². The van der Waals surface area contributed by atoms with Crippen molar-refractivity contribution in [2.45, 2.75) is 0 Å². The molecule has 1 heterocycles. The first-order valence-electron chi connectivity index (χ1n) is 3.74. The number of Topliss-reactive ketones (excluding diaryl/α,β-unsaturated/α-hetero) is 1. The van der Waals surface area contributed by atoms with Crippen molar-refractivity contribution in [2.24, 2.45) is 0 Å². The van der Waals surface area contributed by atoms with Crippen molar-refractivity contribution in [3.8, 4) is 0 Å². The van der Waals surface area contributed by atoms with Crippen molar-refractivity contribution < 1.29 is 14.5 Å². The van der Waals surface area contributed by atoms with Crippen molar-refractivity contribution in [3.05, 3.63) is 33.9 Å². The summed E-state index contributed by atoms with van der Waals surface area (Å²) in [5.41, 5.74) is 0.184. The van der Waals surface area contributed by atoms with Gasteiger partial charge in [0.05, 0.1) is 16.2 Å². The standard InChI is InChI=1S/C8H4N2O4.ClH/c11-7-5-3-4(10(13)14)1-2-6(5)9-8(7)12;/h1-3H,(H,9,11,12);1H. The molecule has 7 heteroatoms. The molecule has 0 atom stereocenters. The normalized spacial score (nSPS) is 12.8. The number of hydrogen-bond donors (Lipinski definition) is 1. The average molecular weight is 229 g/mol. The number of anilines is 1.